The summed E-state index contributed by atoms with van der Waals surface area (Å²) in [6.45, 7) is 6.24. The number of benzene rings is 1. The molecule has 0 saturated heterocycles. The Hall–Kier alpha value is -1.75. The molecule has 0 aliphatic rings. The fourth-order valence-corrected chi connectivity index (χ4v) is 2.00. The first-order valence-electron chi connectivity index (χ1n) is 7.39. The second-order valence-corrected chi connectivity index (χ2v) is 4.97. The Bertz CT molecular complexity index is 459. The highest BCUT2D eigenvalue weighted by molar-refractivity contribution is 5.81. The summed E-state index contributed by atoms with van der Waals surface area (Å²) in [6, 6.07) is 5.66. The zero-order valence-corrected chi connectivity index (χ0v) is 13.3. The van der Waals surface area contributed by atoms with Crippen molar-refractivity contribution in [1.29, 1.82) is 0 Å². The number of amides is 1. The van der Waals surface area contributed by atoms with Gasteiger partial charge in [0, 0.05) is 12.6 Å². The van der Waals surface area contributed by atoms with Gasteiger partial charge in [0.05, 0.1) is 7.11 Å². The summed E-state index contributed by atoms with van der Waals surface area (Å²) in [5.41, 5.74) is 6.56. The van der Waals surface area contributed by atoms with Crippen molar-refractivity contribution in [3.63, 3.8) is 0 Å². The Labute approximate surface area is 126 Å². The molecule has 1 atom stereocenters. The third-order valence-corrected chi connectivity index (χ3v) is 3.47. The van der Waals surface area contributed by atoms with Crippen LogP contribution in [0.4, 0.5) is 0 Å². The first kappa shape index (κ1) is 17.3. The van der Waals surface area contributed by atoms with Crippen LogP contribution in [0, 0.1) is 0 Å². The van der Waals surface area contributed by atoms with Gasteiger partial charge in [-0.1, -0.05) is 19.9 Å². The van der Waals surface area contributed by atoms with Crippen LogP contribution in [0.15, 0.2) is 18.2 Å². The lowest BCUT2D eigenvalue weighted by Crippen LogP contribution is -2.42. The fourth-order valence-electron chi connectivity index (χ4n) is 2.00. The zero-order valence-electron chi connectivity index (χ0n) is 13.3. The number of nitrogens with two attached hydrogens (primary N) is 1. The second kappa shape index (κ2) is 8.52. The molecule has 0 aliphatic carbocycles. The number of methoxy groups -OCH3 is 1. The summed E-state index contributed by atoms with van der Waals surface area (Å²) in [4.78, 5) is 12.1. The molecule has 0 heterocycles. The van der Waals surface area contributed by atoms with Gasteiger partial charge in [0.1, 0.15) is 0 Å². The van der Waals surface area contributed by atoms with E-state index in [0.717, 1.165) is 18.4 Å². The maximum absolute atomic E-state index is 12.1. The van der Waals surface area contributed by atoms with E-state index in [2.05, 4.69) is 5.32 Å². The van der Waals surface area contributed by atoms with Gasteiger partial charge in [0.15, 0.2) is 17.6 Å². The topological polar surface area (TPSA) is 73.6 Å². The van der Waals surface area contributed by atoms with E-state index in [4.69, 9.17) is 15.2 Å². The van der Waals surface area contributed by atoms with Gasteiger partial charge in [0.2, 0.25) is 0 Å². The van der Waals surface area contributed by atoms with Crippen molar-refractivity contribution in [2.24, 2.45) is 5.73 Å². The number of carbonyl (C=O) groups excluding carboxylic acids is 1. The van der Waals surface area contributed by atoms with Gasteiger partial charge in [0.25, 0.3) is 5.91 Å². The van der Waals surface area contributed by atoms with Gasteiger partial charge in [-0.05, 0) is 37.5 Å². The SMILES string of the molecule is CCC(CC)NC(=O)C(C)Oc1cc(CN)ccc1OC. The van der Waals surface area contributed by atoms with Gasteiger partial charge in [-0.2, -0.15) is 0 Å². The maximum Gasteiger partial charge on any atom is 0.260 e. The summed E-state index contributed by atoms with van der Waals surface area (Å²) >= 11 is 0. The highest BCUT2D eigenvalue weighted by Crippen LogP contribution is 2.28. The Kier molecular flexibility index (Phi) is 7.02. The van der Waals surface area contributed by atoms with Crippen molar-refractivity contribution < 1.29 is 14.3 Å². The predicted octanol–water partition coefficient (Wildman–Crippen LogP) is 2.23. The molecule has 1 aromatic rings. The molecule has 5 heteroatoms. The van der Waals surface area contributed by atoms with Crippen molar-refractivity contribution in [3.8, 4) is 11.5 Å². The smallest absolute Gasteiger partial charge is 0.260 e. The van der Waals surface area contributed by atoms with Gasteiger partial charge in [-0.15, -0.1) is 0 Å². The number of hydrogen-bond acceptors (Lipinski definition) is 4. The predicted molar refractivity (Wildman–Crippen MR) is 83.5 cm³/mol. The van der Waals surface area contributed by atoms with Crippen molar-refractivity contribution >= 4 is 5.91 Å². The summed E-state index contributed by atoms with van der Waals surface area (Å²) in [7, 11) is 1.57. The number of hydrogen-bond donors (Lipinski definition) is 2. The third kappa shape index (κ3) is 4.93. The molecule has 0 fully saturated rings. The molecule has 1 aromatic carbocycles. The van der Waals surface area contributed by atoms with E-state index in [1.807, 2.05) is 19.9 Å². The third-order valence-electron chi connectivity index (χ3n) is 3.47. The molecule has 21 heavy (non-hydrogen) atoms. The van der Waals surface area contributed by atoms with Crippen LogP contribution in [0.25, 0.3) is 0 Å². The highest BCUT2D eigenvalue weighted by Gasteiger charge is 2.19. The monoisotopic (exact) mass is 294 g/mol. The molecule has 5 nitrogen and oxygen atoms in total. The Balaban J connectivity index is 2.77. The lowest BCUT2D eigenvalue weighted by molar-refractivity contribution is -0.128. The molecule has 0 saturated carbocycles. The molecule has 0 spiro atoms. The minimum atomic E-state index is -0.590. The number of nitrogens with one attached hydrogen (secondary N) is 1. The second-order valence-electron chi connectivity index (χ2n) is 4.97. The van der Waals surface area contributed by atoms with E-state index in [-0.39, 0.29) is 11.9 Å². The molecule has 0 bridgehead atoms. The van der Waals surface area contributed by atoms with Crippen LogP contribution >= 0.6 is 0 Å². The van der Waals surface area contributed by atoms with E-state index >= 15 is 0 Å². The zero-order chi connectivity index (χ0) is 15.8. The minimum Gasteiger partial charge on any atom is -0.493 e. The largest absolute Gasteiger partial charge is 0.493 e. The Morgan fingerprint density at radius 3 is 2.48 bits per heavy atom. The molecule has 1 unspecified atom stereocenters. The highest BCUT2D eigenvalue weighted by atomic mass is 16.5. The summed E-state index contributed by atoms with van der Waals surface area (Å²) in [6.07, 6.45) is 1.22. The van der Waals surface area contributed by atoms with E-state index in [0.29, 0.717) is 18.0 Å². The molecule has 0 aliphatic heterocycles. The summed E-state index contributed by atoms with van der Waals surface area (Å²) in [5.74, 6) is 1.01. The minimum absolute atomic E-state index is 0.121. The molecule has 1 rings (SSSR count). The first-order valence-corrected chi connectivity index (χ1v) is 7.39. The molecule has 0 aromatic heterocycles. The van der Waals surface area contributed by atoms with Gasteiger partial charge in [-0.25, -0.2) is 0 Å². The molecule has 118 valence electrons. The van der Waals surface area contributed by atoms with Crippen LogP contribution in [-0.2, 0) is 11.3 Å². The van der Waals surface area contributed by atoms with Gasteiger partial charge in [-0.3, -0.25) is 4.79 Å². The van der Waals surface area contributed by atoms with Crippen LogP contribution in [0.2, 0.25) is 0 Å². The quantitative estimate of drug-likeness (QED) is 0.771. The van der Waals surface area contributed by atoms with Crippen molar-refractivity contribution in [2.75, 3.05) is 7.11 Å². The van der Waals surface area contributed by atoms with Crippen LogP contribution in [0.5, 0.6) is 11.5 Å². The average molecular weight is 294 g/mol. The lowest BCUT2D eigenvalue weighted by atomic mass is 10.1. The van der Waals surface area contributed by atoms with E-state index in [1.165, 1.54) is 0 Å². The summed E-state index contributed by atoms with van der Waals surface area (Å²) in [5, 5.41) is 2.97. The molecule has 3 N–H and O–H groups in total. The molecular formula is C16H26N2O3. The number of rotatable bonds is 8. The van der Waals surface area contributed by atoms with E-state index in [9.17, 15) is 4.79 Å². The van der Waals surface area contributed by atoms with Crippen LogP contribution in [0.1, 0.15) is 39.2 Å². The summed E-state index contributed by atoms with van der Waals surface area (Å²) < 4.78 is 11.0. The first-order chi connectivity index (χ1) is 10.0. The van der Waals surface area contributed by atoms with Crippen molar-refractivity contribution in [3.05, 3.63) is 23.8 Å². The van der Waals surface area contributed by atoms with Gasteiger partial charge >= 0.3 is 0 Å². The Morgan fingerprint density at radius 1 is 1.29 bits per heavy atom. The van der Waals surface area contributed by atoms with Crippen LogP contribution in [0.3, 0.4) is 0 Å². The fraction of sp³-hybridized carbons (Fsp3) is 0.562. The van der Waals surface area contributed by atoms with E-state index in [1.54, 1.807) is 26.2 Å². The maximum atomic E-state index is 12.1. The van der Waals surface area contributed by atoms with Crippen molar-refractivity contribution in [2.45, 2.75) is 52.3 Å². The van der Waals surface area contributed by atoms with E-state index < -0.39 is 6.10 Å². The van der Waals surface area contributed by atoms with Crippen LogP contribution in [-0.4, -0.2) is 25.2 Å². The van der Waals surface area contributed by atoms with Crippen molar-refractivity contribution in [1.82, 2.24) is 5.32 Å². The molecule has 1 amide bonds. The normalized spacial score (nSPS) is 12.1. The number of ether oxygens (including phenoxy) is 2. The molecule has 0 radical (unpaired) electrons. The number of carbonyl (C=O) groups is 1. The van der Waals surface area contributed by atoms with Gasteiger partial charge < -0.3 is 20.5 Å². The molecular weight excluding hydrogens is 268 g/mol. The Morgan fingerprint density at radius 2 is 1.95 bits per heavy atom. The average Bonchev–Trinajstić information content (AvgIpc) is 2.51. The van der Waals surface area contributed by atoms with Crippen LogP contribution < -0.4 is 20.5 Å². The lowest BCUT2D eigenvalue weighted by Gasteiger charge is -2.20. The standard InChI is InChI=1S/C16H26N2O3/c1-5-13(6-2)18-16(19)11(3)21-15-9-12(10-17)7-8-14(15)20-4/h7-9,11,13H,5-6,10,17H2,1-4H3,(H,18,19).